The van der Waals surface area contributed by atoms with Crippen molar-refractivity contribution >= 4 is 44.7 Å². The van der Waals surface area contributed by atoms with Gasteiger partial charge in [-0.3, -0.25) is 24.0 Å². The van der Waals surface area contributed by atoms with Crippen LogP contribution in [0.15, 0.2) is 30.4 Å². The predicted molar refractivity (Wildman–Crippen MR) is 216 cm³/mol. The summed E-state index contributed by atoms with van der Waals surface area (Å²) in [6.45, 7) is 6.87. The van der Waals surface area contributed by atoms with Crippen molar-refractivity contribution in [2.45, 2.75) is 151 Å². The smallest absolute Gasteiger partial charge is 0.408 e. The lowest BCUT2D eigenvalue weighted by Gasteiger charge is -2.40. The average molecular weight is 838 g/mol. The van der Waals surface area contributed by atoms with Crippen LogP contribution in [0.5, 0.6) is 11.5 Å². The summed E-state index contributed by atoms with van der Waals surface area (Å²) >= 11 is 0. The highest BCUT2D eigenvalue weighted by molar-refractivity contribution is 7.91. The number of aromatic nitrogens is 1. The molecule has 4 heterocycles. The van der Waals surface area contributed by atoms with Gasteiger partial charge in [-0.05, 0) is 89.3 Å². The summed E-state index contributed by atoms with van der Waals surface area (Å²) in [5.74, 6) is -1.96. The normalized spacial score (nSPS) is 31.4. The number of ether oxygens (including phenoxy) is 2. The highest BCUT2D eigenvalue weighted by Gasteiger charge is 2.64. The third-order valence-corrected chi connectivity index (χ3v) is 16.1. The van der Waals surface area contributed by atoms with Crippen LogP contribution in [0.1, 0.15) is 128 Å². The van der Waals surface area contributed by atoms with E-state index in [1.165, 1.54) is 16.9 Å². The lowest BCUT2D eigenvalue weighted by molar-refractivity contribution is -0.144. The van der Waals surface area contributed by atoms with Crippen LogP contribution in [0, 0.1) is 11.8 Å². The minimum absolute atomic E-state index is 0.0489. The number of halogens is 1. The zero-order valence-electron chi connectivity index (χ0n) is 34.5. The van der Waals surface area contributed by atoms with Gasteiger partial charge >= 0.3 is 6.09 Å². The lowest BCUT2D eigenvalue weighted by atomic mass is 9.85. The van der Waals surface area contributed by atoms with Gasteiger partial charge in [0.1, 0.15) is 40.9 Å². The molecule has 3 N–H and O–H groups in total. The Morgan fingerprint density at radius 1 is 1.10 bits per heavy atom. The minimum atomic E-state index is -4.06. The second kappa shape index (κ2) is 14.9. The Balaban J connectivity index is 1.20. The Hall–Kier alpha value is -4.47. The molecule has 1 spiro atoms. The monoisotopic (exact) mass is 837 g/mol. The Labute approximate surface area is 344 Å². The standard InChI is InChI=1S/C43H56FN5O9S/c1-24(2)25(3)49(40(53)54)32-12-10-8-6-7-9-11-27-20-43(27,39(52)47-59(55,56)41(4)17-18-41)46-37(50)33-22-42(23-48(33)38(32)51)21-30(44)34-29-19-28(57-5)15-16-31(29)45-35(26-13-14-26)36(34)58-42/h9,11,15-16,19,24-27,30,32-33H,6-8,10,12-14,17-18,20-23H2,1-5H3,(H,46,50)(H,47,52)(H,53,54)/b11-9-/t25-,27-,30-,32+,33+,42-,43-/m1/s1. The number of carbonyl (C=O) groups excluding carboxylic acids is 3. The fourth-order valence-corrected chi connectivity index (χ4v) is 10.7. The van der Waals surface area contributed by atoms with Crippen molar-refractivity contribution in [3.8, 4) is 11.5 Å². The van der Waals surface area contributed by atoms with E-state index >= 15 is 9.18 Å². The molecule has 320 valence electrons. The number of sulfonamides is 1. The van der Waals surface area contributed by atoms with Crippen molar-refractivity contribution < 1.29 is 46.6 Å². The average Bonchev–Trinajstić information content (AvgIpc) is 4.12. The number of carbonyl (C=O) groups is 4. The Morgan fingerprint density at radius 3 is 2.51 bits per heavy atom. The van der Waals surface area contributed by atoms with Crippen LogP contribution in [0.25, 0.3) is 10.9 Å². The minimum Gasteiger partial charge on any atom is -0.497 e. The molecule has 4 fully saturated rings. The molecule has 0 unspecified atom stereocenters. The molecule has 2 aromatic rings. The van der Waals surface area contributed by atoms with Gasteiger partial charge < -0.3 is 24.8 Å². The van der Waals surface area contributed by atoms with Gasteiger partial charge in [0.05, 0.1) is 29.6 Å². The number of amides is 4. The van der Waals surface area contributed by atoms with Crippen LogP contribution in [0.2, 0.25) is 0 Å². The zero-order chi connectivity index (χ0) is 42.2. The number of hydrogen-bond acceptors (Lipinski definition) is 9. The fraction of sp³-hybridized carbons (Fsp3) is 0.651. The van der Waals surface area contributed by atoms with Crippen LogP contribution in [-0.4, -0.2) is 99.8 Å². The van der Waals surface area contributed by atoms with Crippen LogP contribution in [-0.2, 0) is 24.4 Å². The summed E-state index contributed by atoms with van der Waals surface area (Å²) in [4.78, 5) is 64.6. The summed E-state index contributed by atoms with van der Waals surface area (Å²) in [5.41, 5.74) is -1.46. The molecule has 3 aliphatic carbocycles. The van der Waals surface area contributed by atoms with E-state index in [9.17, 15) is 27.9 Å². The molecule has 1 aromatic carbocycles. The van der Waals surface area contributed by atoms with Gasteiger partial charge in [0.15, 0.2) is 0 Å². The van der Waals surface area contributed by atoms with Gasteiger partial charge in [0.25, 0.3) is 5.91 Å². The third-order valence-electron chi connectivity index (χ3n) is 13.9. The summed E-state index contributed by atoms with van der Waals surface area (Å²) in [6, 6.07) is 2.27. The van der Waals surface area contributed by atoms with Crippen LogP contribution in [0.4, 0.5) is 9.18 Å². The molecular formula is C43H56FN5O9S. The highest BCUT2D eigenvalue weighted by atomic mass is 32.2. The van der Waals surface area contributed by atoms with E-state index in [1.807, 2.05) is 26.0 Å². The maximum Gasteiger partial charge on any atom is 0.408 e. The Morgan fingerprint density at radius 2 is 1.85 bits per heavy atom. The number of rotatable bonds is 8. The summed E-state index contributed by atoms with van der Waals surface area (Å²) in [6.07, 6.45) is 5.99. The largest absolute Gasteiger partial charge is 0.497 e. The van der Waals surface area contributed by atoms with Crippen molar-refractivity contribution in [3.05, 3.63) is 41.6 Å². The number of alkyl halides is 1. The van der Waals surface area contributed by atoms with E-state index in [2.05, 4.69) is 10.0 Å². The molecule has 8 rings (SSSR count). The van der Waals surface area contributed by atoms with Gasteiger partial charge in [0, 0.05) is 41.7 Å². The molecule has 3 aliphatic heterocycles. The fourth-order valence-electron chi connectivity index (χ4n) is 9.36. The van der Waals surface area contributed by atoms with Crippen molar-refractivity contribution in [1.82, 2.24) is 24.8 Å². The van der Waals surface area contributed by atoms with E-state index in [4.69, 9.17) is 14.5 Å². The molecule has 6 aliphatic rings. The molecule has 3 saturated carbocycles. The first-order valence-corrected chi connectivity index (χ1v) is 22.6. The van der Waals surface area contributed by atoms with Gasteiger partial charge in [0.2, 0.25) is 21.8 Å². The van der Waals surface area contributed by atoms with Gasteiger partial charge in [-0.25, -0.2) is 22.6 Å². The number of methoxy groups -OCH3 is 1. The van der Waals surface area contributed by atoms with E-state index in [1.54, 1.807) is 32.0 Å². The van der Waals surface area contributed by atoms with Crippen molar-refractivity contribution in [3.63, 3.8) is 0 Å². The molecule has 16 heteroatoms. The van der Waals surface area contributed by atoms with E-state index in [-0.39, 0.29) is 44.1 Å². The van der Waals surface area contributed by atoms with E-state index < -0.39 is 79.9 Å². The maximum absolute atomic E-state index is 17.1. The van der Waals surface area contributed by atoms with Gasteiger partial charge in [-0.2, -0.15) is 0 Å². The molecule has 1 aromatic heterocycles. The molecule has 0 bridgehead atoms. The summed E-state index contributed by atoms with van der Waals surface area (Å²) in [7, 11) is -2.53. The Bertz CT molecular complexity index is 2210. The van der Waals surface area contributed by atoms with E-state index in [0.717, 1.165) is 19.3 Å². The van der Waals surface area contributed by atoms with Crippen molar-refractivity contribution in [1.29, 1.82) is 0 Å². The quantitative estimate of drug-likeness (QED) is 0.265. The van der Waals surface area contributed by atoms with Gasteiger partial charge in [-0.1, -0.05) is 38.8 Å². The summed E-state index contributed by atoms with van der Waals surface area (Å²) < 4.78 is 57.3. The first-order valence-electron chi connectivity index (χ1n) is 21.1. The first kappa shape index (κ1) is 41.3. The lowest BCUT2D eigenvalue weighted by Crippen LogP contribution is -2.60. The zero-order valence-corrected chi connectivity index (χ0v) is 35.3. The van der Waals surface area contributed by atoms with Crippen molar-refractivity contribution in [2.24, 2.45) is 11.8 Å². The van der Waals surface area contributed by atoms with Crippen LogP contribution >= 0.6 is 0 Å². The number of allylic oxidation sites excluding steroid dienone is 1. The molecule has 7 atom stereocenters. The second-order valence-corrected chi connectivity index (χ2v) is 20.6. The number of benzene rings is 1. The Kier molecular flexibility index (Phi) is 10.4. The molecule has 1 saturated heterocycles. The topological polar surface area (TPSA) is 185 Å². The van der Waals surface area contributed by atoms with Crippen molar-refractivity contribution in [2.75, 3.05) is 13.7 Å². The number of hydrogen-bond donors (Lipinski definition) is 3. The molecule has 14 nitrogen and oxygen atoms in total. The highest BCUT2D eigenvalue weighted by Crippen LogP contribution is 2.55. The molecular weight excluding hydrogens is 782 g/mol. The molecule has 4 amide bonds. The predicted octanol–water partition coefficient (Wildman–Crippen LogP) is 6.04. The first-order chi connectivity index (χ1) is 27.9. The van der Waals surface area contributed by atoms with Gasteiger partial charge in [-0.15, -0.1) is 0 Å². The summed E-state index contributed by atoms with van der Waals surface area (Å²) in [5, 5.41) is 14.1. The van der Waals surface area contributed by atoms with E-state index in [0.29, 0.717) is 65.8 Å². The second-order valence-electron chi connectivity index (χ2n) is 18.5. The number of pyridine rings is 1. The molecule has 0 radical (unpaired) electrons. The number of nitrogens with one attached hydrogen (secondary N) is 2. The molecule has 59 heavy (non-hydrogen) atoms. The third kappa shape index (κ3) is 7.41. The van der Waals surface area contributed by atoms with Crippen LogP contribution in [0.3, 0.4) is 0 Å². The number of carboxylic acid groups (broad SMARTS) is 1. The number of nitrogens with zero attached hydrogens (tertiary/aromatic N) is 3. The SMILES string of the molecule is COc1ccc2nc(C3CC3)c3c(c2c1)[C@H](F)C[C@]1(C[C@H]2C(=O)N[C@]4(C(=O)NS(=O)(=O)C5(C)CC5)C[C@H]4/C=C\CCCCC[C@H](N(C(=O)O)[C@H](C)C(C)C)C(=O)N2C1)O3. The number of fused-ring (bicyclic) bond motifs is 5. The maximum atomic E-state index is 17.1. The van der Waals surface area contributed by atoms with Crippen LogP contribution < -0.4 is 19.5 Å².